The van der Waals surface area contributed by atoms with Gasteiger partial charge in [0.1, 0.15) is 9.84 Å². The van der Waals surface area contributed by atoms with Gasteiger partial charge in [-0.15, -0.1) is 0 Å². The van der Waals surface area contributed by atoms with Crippen LogP contribution in [0.3, 0.4) is 0 Å². The minimum absolute atomic E-state index is 0.323. The number of nitrogens with one attached hydrogen (secondary N) is 1. The first-order valence-corrected chi connectivity index (χ1v) is 6.37. The predicted octanol–water partition coefficient (Wildman–Crippen LogP) is 0.809. The van der Waals surface area contributed by atoms with Gasteiger partial charge in [-0.25, -0.2) is 8.42 Å². The zero-order chi connectivity index (χ0) is 9.61. The van der Waals surface area contributed by atoms with Crippen molar-refractivity contribution in [3.63, 3.8) is 0 Å². The van der Waals surface area contributed by atoms with Crippen LogP contribution in [0.1, 0.15) is 26.2 Å². The van der Waals surface area contributed by atoms with Gasteiger partial charge in [0.25, 0.3) is 0 Å². The second-order valence-corrected chi connectivity index (χ2v) is 5.58. The zero-order valence-corrected chi connectivity index (χ0v) is 8.95. The molecular formula is C8H19NO2S. The maximum atomic E-state index is 10.7. The van der Waals surface area contributed by atoms with Gasteiger partial charge < -0.3 is 5.32 Å². The van der Waals surface area contributed by atoms with E-state index in [1.807, 2.05) is 7.05 Å². The maximum absolute atomic E-state index is 10.7. The van der Waals surface area contributed by atoms with Crippen molar-refractivity contribution in [1.82, 2.24) is 5.32 Å². The van der Waals surface area contributed by atoms with Crippen LogP contribution < -0.4 is 5.32 Å². The number of rotatable bonds is 6. The van der Waals surface area contributed by atoms with Crippen LogP contribution in [0.25, 0.3) is 0 Å². The lowest BCUT2D eigenvalue weighted by Gasteiger charge is -2.08. The summed E-state index contributed by atoms with van der Waals surface area (Å²) >= 11 is 0. The molecule has 0 spiro atoms. The van der Waals surface area contributed by atoms with Gasteiger partial charge in [0.2, 0.25) is 0 Å². The molecule has 0 heterocycles. The summed E-state index contributed by atoms with van der Waals surface area (Å²) in [4.78, 5) is 0. The van der Waals surface area contributed by atoms with Crippen LogP contribution in [-0.4, -0.2) is 33.5 Å². The lowest BCUT2D eigenvalue weighted by molar-refractivity contribution is 0.534. The Labute approximate surface area is 75.5 Å². The Balaban J connectivity index is 3.34. The molecule has 0 rings (SSSR count). The van der Waals surface area contributed by atoms with Gasteiger partial charge >= 0.3 is 0 Å². The molecule has 0 aromatic carbocycles. The van der Waals surface area contributed by atoms with Crippen molar-refractivity contribution in [2.75, 3.05) is 19.1 Å². The van der Waals surface area contributed by atoms with E-state index in [9.17, 15) is 8.42 Å². The Hall–Kier alpha value is -0.0900. The van der Waals surface area contributed by atoms with Crippen molar-refractivity contribution in [3.05, 3.63) is 0 Å². The Morgan fingerprint density at radius 2 is 1.92 bits per heavy atom. The molecule has 0 aliphatic heterocycles. The molecule has 0 bridgehead atoms. The van der Waals surface area contributed by atoms with E-state index in [1.54, 1.807) is 0 Å². The molecule has 3 nitrogen and oxygen atoms in total. The van der Waals surface area contributed by atoms with Crippen LogP contribution >= 0.6 is 0 Å². The van der Waals surface area contributed by atoms with Gasteiger partial charge in [0.05, 0.1) is 0 Å². The Morgan fingerprint density at radius 3 is 2.33 bits per heavy atom. The van der Waals surface area contributed by atoms with Crippen LogP contribution in [0, 0.1) is 0 Å². The fourth-order valence-electron chi connectivity index (χ4n) is 0.959. The van der Waals surface area contributed by atoms with Gasteiger partial charge in [0, 0.05) is 18.1 Å². The number of hydrogen-bond acceptors (Lipinski definition) is 3. The normalized spacial score (nSPS) is 14.6. The van der Waals surface area contributed by atoms with Gasteiger partial charge in [0.15, 0.2) is 0 Å². The molecule has 0 aromatic heterocycles. The Morgan fingerprint density at radius 1 is 1.33 bits per heavy atom. The van der Waals surface area contributed by atoms with Crippen LogP contribution in [0.15, 0.2) is 0 Å². The molecule has 0 radical (unpaired) electrons. The highest BCUT2D eigenvalue weighted by Gasteiger charge is 2.02. The lowest BCUT2D eigenvalue weighted by atomic mass is 10.1. The molecule has 0 aliphatic rings. The SMILES string of the molecule is CNC(C)CCCCS(C)(=O)=O. The van der Waals surface area contributed by atoms with E-state index in [4.69, 9.17) is 0 Å². The average molecular weight is 193 g/mol. The van der Waals surface area contributed by atoms with Gasteiger partial charge in [-0.05, 0) is 26.8 Å². The highest BCUT2D eigenvalue weighted by atomic mass is 32.2. The first-order valence-electron chi connectivity index (χ1n) is 4.30. The van der Waals surface area contributed by atoms with Crippen LogP contribution in [0.5, 0.6) is 0 Å². The van der Waals surface area contributed by atoms with E-state index in [-0.39, 0.29) is 0 Å². The number of sulfone groups is 1. The van der Waals surface area contributed by atoms with Gasteiger partial charge in [-0.1, -0.05) is 6.42 Å². The Kier molecular flexibility index (Phi) is 5.50. The number of hydrogen-bond donors (Lipinski definition) is 1. The molecule has 0 fully saturated rings. The van der Waals surface area contributed by atoms with Gasteiger partial charge in [-0.2, -0.15) is 0 Å². The Bertz CT molecular complexity index is 199. The molecule has 0 amide bonds. The summed E-state index contributed by atoms with van der Waals surface area (Å²) in [6.07, 6.45) is 4.10. The molecular weight excluding hydrogens is 174 g/mol. The van der Waals surface area contributed by atoms with Crippen LogP contribution in [0.2, 0.25) is 0 Å². The molecule has 1 N–H and O–H groups in total. The minimum Gasteiger partial charge on any atom is -0.317 e. The van der Waals surface area contributed by atoms with E-state index in [0.717, 1.165) is 19.3 Å². The molecule has 74 valence electrons. The average Bonchev–Trinajstić information content (AvgIpc) is 1.96. The van der Waals surface area contributed by atoms with E-state index in [1.165, 1.54) is 6.26 Å². The van der Waals surface area contributed by atoms with Crippen molar-refractivity contribution in [2.24, 2.45) is 0 Å². The molecule has 0 saturated carbocycles. The third-order valence-corrected chi connectivity index (χ3v) is 2.93. The second kappa shape index (κ2) is 5.54. The molecule has 1 unspecified atom stereocenters. The quantitative estimate of drug-likeness (QED) is 0.635. The van der Waals surface area contributed by atoms with E-state index in [0.29, 0.717) is 11.8 Å². The number of unbranched alkanes of at least 4 members (excludes halogenated alkanes) is 1. The van der Waals surface area contributed by atoms with Crippen molar-refractivity contribution in [3.8, 4) is 0 Å². The van der Waals surface area contributed by atoms with Crippen molar-refractivity contribution in [1.29, 1.82) is 0 Å². The monoisotopic (exact) mass is 193 g/mol. The highest BCUT2D eigenvalue weighted by molar-refractivity contribution is 7.90. The molecule has 0 aliphatic carbocycles. The third-order valence-electron chi connectivity index (χ3n) is 1.90. The third kappa shape index (κ3) is 8.01. The smallest absolute Gasteiger partial charge is 0.147 e. The molecule has 0 aromatic rings. The maximum Gasteiger partial charge on any atom is 0.147 e. The molecule has 12 heavy (non-hydrogen) atoms. The van der Waals surface area contributed by atoms with Crippen molar-refractivity contribution < 1.29 is 8.42 Å². The first-order chi connectivity index (χ1) is 5.45. The topological polar surface area (TPSA) is 46.2 Å². The summed E-state index contributed by atoms with van der Waals surface area (Å²) in [5.74, 6) is 0.323. The standard InChI is InChI=1S/C8H19NO2S/c1-8(9-2)6-4-5-7-12(3,10)11/h8-9H,4-7H2,1-3H3. The summed E-state index contributed by atoms with van der Waals surface area (Å²) in [6.45, 7) is 2.10. The molecule has 0 saturated heterocycles. The summed E-state index contributed by atoms with van der Waals surface area (Å²) < 4.78 is 21.5. The molecule has 4 heteroatoms. The van der Waals surface area contributed by atoms with Crippen LogP contribution in [0.4, 0.5) is 0 Å². The van der Waals surface area contributed by atoms with Crippen molar-refractivity contribution in [2.45, 2.75) is 32.2 Å². The van der Waals surface area contributed by atoms with E-state index in [2.05, 4.69) is 12.2 Å². The minimum atomic E-state index is -2.75. The van der Waals surface area contributed by atoms with Gasteiger partial charge in [-0.3, -0.25) is 0 Å². The zero-order valence-electron chi connectivity index (χ0n) is 8.13. The largest absolute Gasteiger partial charge is 0.317 e. The van der Waals surface area contributed by atoms with E-state index < -0.39 is 9.84 Å². The molecule has 1 atom stereocenters. The summed E-state index contributed by atoms with van der Waals surface area (Å²) in [5.41, 5.74) is 0. The van der Waals surface area contributed by atoms with Crippen molar-refractivity contribution >= 4 is 9.84 Å². The van der Waals surface area contributed by atoms with Crippen LogP contribution in [-0.2, 0) is 9.84 Å². The lowest BCUT2D eigenvalue weighted by Crippen LogP contribution is -2.20. The summed E-state index contributed by atoms with van der Waals surface area (Å²) in [7, 11) is -0.831. The summed E-state index contributed by atoms with van der Waals surface area (Å²) in [5, 5.41) is 3.11. The highest BCUT2D eigenvalue weighted by Crippen LogP contribution is 2.01. The fourth-order valence-corrected chi connectivity index (χ4v) is 1.69. The first kappa shape index (κ1) is 11.9. The fraction of sp³-hybridized carbons (Fsp3) is 1.00. The second-order valence-electron chi connectivity index (χ2n) is 3.32. The van der Waals surface area contributed by atoms with E-state index >= 15 is 0 Å². The predicted molar refractivity (Wildman–Crippen MR) is 52.1 cm³/mol. The summed E-state index contributed by atoms with van der Waals surface area (Å²) in [6, 6.07) is 0.490.